The van der Waals surface area contributed by atoms with E-state index in [0.717, 1.165) is 17.0 Å². The normalized spacial score (nSPS) is 17.6. The first-order valence-corrected chi connectivity index (χ1v) is 6.33. The summed E-state index contributed by atoms with van der Waals surface area (Å²) in [6, 6.07) is 17.1. The van der Waals surface area contributed by atoms with Crippen LogP contribution in [0, 0.1) is 0 Å². The molecule has 102 valence electrons. The predicted octanol–water partition coefficient (Wildman–Crippen LogP) is 2.43. The Labute approximate surface area is 117 Å². The van der Waals surface area contributed by atoms with Crippen molar-refractivity contribution in [3.05, 3.63) is 60.2 Å². The molecule has 3 rings (SSSR count). The highest BCUT2D eigenvalue weighted by atomic mass is 16.5. The molecule has 0 spiro atoms. The number of anilines is 1. The van der Waals surface area contributed by atoms with Gasteiger partial charge in [-0.05, 0) is 29.8 Å². The molecular formula is C15H15N3O2. The second-order valence-corrected chi connectivity index (χ2v) is 4.47. The summed E-state index contributed by atoms with van der Waals surface area (Å²) in [6.07, 6.45) is -0.240. The molecular weight excluding hydrogens is 254 g/mol. The number of para-hydroxylation sites is 1. The molecule has 5 nitrogen and oxygen atoms in total. The Bertz CT molecular complexity index is 598. The summed E-state index contributed by atoms with van der Waals surface area (Å²) in [7, 11) is 1.63. The first kappa shape index (κ1) is 12.3. The van der Waals surface area contributed by atoms with Crippen LogP contribution in [0.2, 0.25) is 0 Å². The maximum Gasteiger partial charge on any atom is 0.335 e. The van der Waals surface area contributed by atoms with Crippen molar-refractivity contribution in [3.8, 4) is 5.75 Å². The molecule has 1 unspecified atom stereocenters. The molecule has 5 heteroatoms. The highest BCUT2D eigenvalue weighted by Gasteiger charge is 2.30. The van der Waals surface area contributed by atoms with Crippen molar-refractivity contribution in [3.63, 3.8) is 0 Å². The SMILES string of the molecule is COc1ccc(C2NC(=O)NN2c2ccccc2)cc1. The Balaban J connectivity index is 1.91. The van der Waals surface area contributed by atoms with Crippen molar-refractivity contribution < 1.29 is 9.53 Å². The summed E-state index contributed by atoms with van der Waals surface area (Å²) in [5.41, 5.74) is 4.70. The monoisotopic (exact) mass is 269 g/mol. The molecule has 0 bridgehead atoms. The topological polar surface area (TPSA) is 53.6 Å². The minimum absolute atomic E-state index is 0.213. The van der Waals surface area contributed by atoms with Crippen molar-refractivity contribution in [1.82, 2.24) is 10.7 Å². The molecule has 2 aromatic carbocycles. The van der Waals surface area contributed by atoms with Crippen molar-refractivity contribution in [1.29, 1.82) is 0 Å². The number of rotatable bonds is 3. The molecule has 1 fully saturated rings. The maximum atomic E-state index is 11.6. The van der Waals surface area contributed by atoms with Gasteiger partial charge in [0.2, 0.25) is 0 Å². The van der Waals surface area contributed by atoms with Crippen LogP contribution >= 0.6 is 0 Å². The lowest BCUT2D eigenvalue weighted by molar-refractivity contribution is 0.247. The number of hydrogen-bond acceptors (Lipinski definition) is 3. The van der Waals surface area contributed by atoms with Gasteiger partial charge in [0.05, 0.1) is 12.8 Å². The fraction of sp³-hybridized carbons (Fsp3) is 0.133. The molecule has 1 saturated heterocycles. The van der Waals surface area contributed by atoms with Crippen molar-refractivity contribution in [2.24, 2.45) is 0 Å². The van der Waals surface area contributed by atoms with Gasteiger partial charge in [0, 0.05) is 0 Å². The Morgan fingerprint density at radius 2 is 1.75 bits per heavy atom. The second kappa shape index (κ2) is 5.13. The third kappa shape index (κ3) is 2.25. The minimum Gasteiger partial charge on any atom is -0.497 e. The van der Waals surface area contributed by atoms with Crippen LogP contribution in [0.25, 0.3) is 0 Å². The molecule has 20 heavy (non-hydrogen) atoms. The van der Waals surface area contributed by atoms with Gasteiger partial charge in [-0.2, -0.15) is 0 Å². The zero-order valence-electron chi connectivity index (χ0n) is 11.0. The number of benzene rings is 2. The summed E-state index contributed by atoms with van der Waals surface area (Å²) in [5, 5.41) is 4.70. The zero-order chi connectivity index (χ0) is 13.9. The van der Waals surface area contributed by atoms with Crippen LogP contribution in [-0.4, -0.2) is 13.1 Å². The lowest BCUT2D eigenvalue weighted by Gasteiger charge is -2.24. The van der Waals surface area contributed by atoms with E-state index in [0.29, 0.717) is 0 Å². The summed E-state index contributed by atoms with van der Waals surface area (Å²) >= 11 is 0. The van der Waals surface area contributed by atoms with Crippen LogP contribution in [0.15, 0.2) is 54.6 Å². The zero-order valence-corrected chi connectivity index (χ0v) is 11.0. The third-order valence-corrected chi connectivity index (χ3v) is 3.21. The standard InChI is InChI=1S/C15H15N3O2/c1-20-13-9-7-11(8-10-13)14-16-15(19)17-18(14)12-5-3-2-4-6-12/h2-10,14H,1H3,(H2,16,17,19). The summed E-state index contributed by atoms with van der Waals surface area (Å²) in [4.78, 5) is 11.6. The van der Waals surface area contributed by atoms with Gasteiger partial charge >= 0.3 is 6.03 Å². The van der Waals surface area contributed by atoms with Gasteiger partial charge in [-0.25, -0.2) is 10.2 Å². The number of nitrogens with one attached hydrogen (secondary N) is 2. The second-order valence-electron chi connectivity index (χ2n) is 4.47. The Morgan fingerprint density at radius 1 is 1.05 bits per heavy atom. The minimum atomic E-state index is -0.240. The average molecular weight is 269 g/mol. The van der Waals surface area contributed by atoms with E-state index in [1.165, 1.54) is 0 Å². The van der Waals surface area contributed by atoms with E-state index in [1.54, 1.807) is 7.11 Å². The first-order valence-electron chi connectivity index (χ1n) is 6.33. The van der Waals surface area contributed by atoms with Gasteiger partial charge in [0.15, 0.2) is 0 Å². The van der Waals surface area contributed by atoms with Gasteiger partial charge in [-0.3, -0.25) is 5.01 Å². The molecule has 1 heterocycles. The third-order valence-electron chi connectivity index (χ3n) is 3.21. The number of methoxy groups -OCH3 is 1. The Morgan fingerprint density at radius 3 is 2.40 bits per heavy atom. The molecule has 0 radical (unpaired) electrons. The number of hydrogen-bond donors (Lipinski definition) is 2. The number of nitrogens with zero attached hydrogens (tertiary/aromatic N) is 1. The molecule has 0 saturated carbocycles. The number of ether oxygens (including phenoxy) is 1. The average Bonchev–Trinajstić information content (AvgIpc) is 2.90. The van der Waals surface area contributed by atoms with E-state index < -0.39 is 0 Å². The van der Waals surface area contributed by atoms with Crippen LogP contribution < -0.4 is 20.5 Å². The lowest BCUT2D eigenvalue weighted by Crippen LogP contribution is -2.34. The molecule has 1 atom stereocenters. The summed E-state index contributed by atoms with van der Waals surface area (Å²) in [6.45, 7) is 0. The fourth-order valence-electron chi connectivity index (χ4n) is 2.22. The number of hydrazine groups is 1. The van der Waals surface area contributed by atoms with E-state index in [9.17, 15) is 4.79 Å². The van der Waals surface area contributed by atoms with E-state index >= 15 is 0 Å². The first-order chi connectivity index (χ1) is 9.78. The molecule has 1 aliphatic rings. The van der Waals surface area contributed by atoms with E-state index in [-0.39, 0.29) is 12.2 Å². The Kier molecular flexibility index (Phi) is 3.16. The maximum absolute atomic E-state index is 11.6. The number of urea groups is 1. The summed E-state index contributed by atoms with van der Waals surface area (Å²) in [5.74, 6) is 0.789. The smallest absolute Gasteiger partial charge is 0.335 e. The highest BCUT2D eigenvalue weighted by molar-refractivity contribution is 5.80. The number of carbonyl (C=O) groups excluding carboxylic acids is 1. The van der Waals surface area contributed by atoms with Crippen LogP contribution in [0.3, 0.4) is 0 Å². The largest absolute Gasteiger partial charge is 0.497 e. The lowest BCUT2D eigenvalue weighted by atomic mass is 10.1. The molecule has 0 aromatic heterocycles. The van der Waals surface area contributed by atoms with Crippen molar-refractivity contribution >= 4 is 11.7 Å². The molecule has 2 aromatic rings. The Hall–Kier alpha value is -2.69. The highest BCUT2D eigenvalue weighted by Crippen LogP contribution is 2.27. The van der Waals surface area contributed by atoms with Gasteiger partial charge < -0.3 is 10.1 Å². The van der Waals surface area contributed by atoms with E-state index in [4.69, 9.17) is 4.74 Å². The quantitative estimate of drug-likeness (QED) is 0.899. The van der Waals surface area contributed by atoms with E-state index in [1.807, 2.05) is 59.6 Å². The molecule has 0 aliphatic carbocycles. The van der Waals surface area contributed by atoms with Crippen LogP contribution in [0.1, 0.15) is 11.7 Å². The van der Waals surface area contributed by atoms with E-state index in [2.05, 4.69) is 10.7 Å². The van der Waals surface area contributed by atoms with Gasteiger partial charge in [-0.15, -0.1) is 0 Å². The number of carbonyl (C=O) groups is 1. The van der Waals surface area contributed by atoms with Gasteiger partial charge in [-0.1, -0.05) is 30.3 Å². The van der Waals surface area contributed by atoms with Crippen LogP contribution in [0.4, 0.5) is 10.5 Å². The van der Waals surface area contributed by atoms with Gasteiger partial charge in [0.1, 0.15) is 11.9 Å². The van der Waals surface area contributed by atoms with Crippen molar-refractivity contribution in [2.45, 2.75) is 6.17 Å². The van der Waals surface area contributed by atoms with Crippen LogP contribution in [-0.2, 0) is 0 Å². The molecule has 2 N–H and O–H groups in total. The molecule has 1 aliphatic heterocycles. The fourth-order valence-corrected chi connectivity index (χ4v) is 2.22. The summed E-state index contributed by atoms with van der Waals surface area (Å²) < 4.78 is 5.15. The van der Waals surface area contributed by atoms with Crippen LogP contribution in [0.5, 0.6) is 5.75 Å². The van der Waals surface area contributed by atoms with Gasteiger partial charge in [0.25, 0.3) is 0 Å². The van der Waals surface area contributed by atoms with Crippen molar-refractivity contribution in [2.75, 3.05) is 12.1 Å². The molecule has 2 amide bonds. The predicted molar refractivity (Wildman–Crippen MR) is 76.3 cm³/mol. The number of amides is 2.